The summed E-state index contributed by atoms with van der Waals surface area (Å²) in [5, 5.41) is 2.53. The molecule has 0 saturated carbocycles. The van der Waals surface area contributed by atoms with E-state index in [2.05, 4.69) is 21.2 Å². The number of rotatable bonds is 6. The number of benzene rings is 1. The average Bonchev–Trinajstić information content (AvgIpc) is 2.37. The van der Waals surface area contributed by atoms with Gasteiger partial charge in [0.1, 0.15) is 11.6 Å². The minimum atomic E-state index is -0.886. The molecule has 0 heterocycles. The number of likely N-dealkylation sites (N-methyl/N-ethyl adjacent to an activating group) is 1. The molecule has 0 aliphatic carbocycles. The van der Waals surface area contributed by atoms with Crippen LogP contribution in [-0.4, -0.2) is 31.1 Å². The second kappa shape index (κ2) is 7.84. The summed E-state index contributed by atoms with van der Waals surface area (Å²) in [6.07, 6.45) is -0.886. The van der Waals surface area contributed by atoms with E-state index in [9.17, 15) is 14.0 Å². The smallest absolute Gasteiger partial charge is 0.344 e. The van der Waals surface area contributed by atoms with Crippen LogP contribution >= 0.6 is 15.9 Å². The molecule has 0 spiro atoms. The Morgan fingerprint density at radius 2 is 2.15 bits per heavy atom. The molecule has 7 heteroatoms. The molecule has 1 rings (SSSR count). The van der Waals surface area contributed by atoms with Crippen molar-refractivity contribution in [3.63, 3.8) is 0 Å². The molecule has 0 radical (unpaired) electrons. The van der Waals surface area contributed by atoms with Crippen LogP contribution in [0.1, 0.15) is 13.8 Å². The lowest BCUT2D eigenvalue weighted by atomic mass is 10.3. The number of carbonyl (C=O) groups excluding carboxylic acids is 2. The average molecular weight is 348 g/mol. The first-order valence-corrected chi connectivity index (χ1v) is 6.78. The van der Waals surface area contributed by atoms with Crippen LogP contribution in [0.3, 0.4) is 0 Å². The minimum absolute atomic E-state index is 0.314. The van der Waals surface area contributed by atoms with Gasteiger partial charge in [-0.1, -0.05) is 0 Å². The molecule has 1 N–H and O–H groups in total. The Kier molecular flexibility index (Phi) is 6.44. The van der Waals surface area contributed by atoms with Gasteiger partial charge in [-0.15, -0.1) is 0 Å². The van der Waals surface area contributed by atoms with E-state index in [4.69, 9.17) is 9.47 Å². The van der Waals surface area contributed by atoms with Crippen molar-refractivity contribution in [3.05, 3.63) is 28.5 Å². The van der Waals surface area contributed by atoms with Crippen LogP contribution in [0.25, 0.3) is 0 Å². The van der Waals surface area contributed by atoms with Crippen LogP contribution in [0.15, 0.2) is 22.7 Å². The van der Waals surface area contributed by atoms with E-state index in [0.717, 1.165) is 0 Å². The van der Waals surface area contributed by atoms with Crippen LogP contribution in [-0.2, 0) is 14.3 Å². The third kappa shape index (κ3) is 5.16. The fraction of sp³-hybridized carbons (Fsp3) is 0.385. The molecule has 0 aliphatic heterocycles. The van der Waals surface area contributed by atoms with Gasteiger partial charge < -0.3 is 14.8 Å². The van der Waals surface area contributed by atoms with Gasteiger partial charge in [0.25, 0.3) is 5.91 Å². The SMILES string of the molecule is CCNC(=O)[C@@H](C)OC(=O)COc1ccc(F)cc1Br. The molecular weight excluding hydrogens is 333 g/mol. The Morgan fingerprint density at radius 3 is 2.75 bits per heavy atom. The Bertz CT molecular complexity index is 495. The van der Waals surface area contributed by atoms with Crippen molar-refractivity contribution < 1.29 is 23.5 Å². The Labute approximate surface area is 124 Å². The molecule has 20 heavy (non-hydrogen) atoms. The topological polar surface area (TPSA) is 64.6 Å². The summed E-state index contributed by atoms with van der Waals surface area (Å²) in [7, 11) is 0. The predicted octanol–water partition coefficient (Wildman–Crippen LogP) is 2.03. The van der Waals surface area contributed by atoms with Crippen molar-refractivity contribution in [1.82, 2.24) is 5.32 Å². The molecule has 1 aromatic rings. The minimum Gasteiger partial charge on any atom is -0.481 e. The van der Waals surface area contributed by atoms with Crippen LogP contribution in [0.2, 0.25) is 0 Å². The highest BCUT2D eigenvalue weighted by atomic mass is 79.9. The first-order chi connectivity index (χ1) is 9.43. The summed E-state index contributed by atoms with van der Waals surface area (Å²) >= 11 is 3.11. The van der Waals surface area contributed by atoms with E-state index in [1.165, 1.54) is 25.1 Å². The largest absolute Gasteiger partial charge is 0.481 e. The molecule has 1 aromatic carbocycles. The van der Waals surface area contributed by atoms with Gasteiger partial charge in [-0.25, -0.2) is 9.18 Å². The van der Waals surface area contributed by atoms with Gasteiger partial charge in [-0.05, 0) is 48.0 Å². The van der Waals surface area contributed by atoms with Gasteiger partial charge >= 0.3 is 5.97 Å². The van der Waals surface area contributed by atoms with Gasteiger partial charge in [0.2, 0.25) is 0 Å². The van der Waals surface area contributed by atoms with E-state index < -0.39 is 17.9 Å². The summed E-state index contributed by atoms with van der Waals surface area (Å²) in [6, 6.07) is 3.82. The van der Waals surface area contributed by atoms with E-state index in [-0.39, 0.29) is 12.5 Å². The lowest BCUT2D eigenvalue weighted by molar-refractivity contribution is -0.156. The monoisotopic (exact) mass is 347 g/mol. The zero-order valence-corrected chi connectivity index (χ0v) is 12.7. The number of amides is 1. The van der Waals surface area contributed by atoms with Crippen molar-refractivity contribution in [1.29, 1.82) is 0 Å². The van der Waals surface area contributed by atoms with E-state index in [1.54, 1.807) is 6.92 Å². The quantitative estimate of drug-likeness (QED) is 0.799. The zero-order valence-electron chi connectivity index (χ0n) is 11.1. The fourth-order valence-electron chi connectivity index (χ4n) is 1.33. The number of carbonyl (C=O) groups is 2. The predicted molar refractivity (Wildman–Crippen MR) is 73.8 cm³/mol. The summed E-state index contributed by atoms with van der Waals surface area (Å²) in [6.45, 7) is 3.33. The summed E-state index contributed by atoms with van der Waals surface area (Å²) in [5.41, 5.74) is 0. The Morgan fingerprint density at radius 1 is 1.45 bits per heavy atom. The van der Waals surface area contributed by atoms with Crippen molar-refractivity contribution >= 4 is 27.8 Å². The number of hydrogen-bond donors (Lipinski definition) is 1. The van der Waals surface area contributed by atoms with E-state index in [0.29, 0.717) is 16.8 Å². The maximum atomic E-state index is 12.9. The summed E-state index contributed by atoms with van der Waals surface area (Å²) in [4.78, 5) is 22.9. The second-order valence-electron chi connectivity index (χ2n) is 3.89. The third-order valence-electron chi connectivity index (χ3n) is 2.27. The molecule has 0 bridgehead atoms. The standard InChI is InChI=1S/C13H15BrFNO4/c1-3-16-13(18)8(2)20-12(17)7-19-11-5-4-9(15)6-10(11)14/h4-6,8H,3,7H2,1-2H3,(H,16,18)/t8-/m1/s1. The third-order valence-corrected chi connectivity index (χ3v) is 2.89. The van der Waals surface area contributed by atoms with Crippen molar-refractivity contribution in [2.45, 2.75) is 20.0 Å². The molecule has 0 saturated heterocycles. The first kappa shape index (κ1) is 16.4. The highest BCUT2D eigenvalue weighted by molar-refractivity contribution is 9.10. The van der Waals surface area contributed by atoms with Gasteiger partial charge in [0.15, 0.2) is 12.7 Å². The van der Waals surface area contributed by atoms with Gasteiger partial charge in [-0.2, -0.15) is 0 Å². The van der Waals surface area contributed by atoms with Crippen molar-refractivity contribution in [2.24, 2.45) is 0 Å². The number of hydrogen-bond acceptors (Lipinski definition) is 4. The number of esters is 1. The zero-order chi connectivity index (χ0) is 15.1. The fourth-order valence-corrected chi connectivity index (χ4v) is 1.80. The highest BCUT2D eigenvalue weighted by Gasteiger charge is 2.17. The molecule has 0 aromatic heterocycles. The lowest BCUT2D eigenvalue weighted by Crippen LogP contribution is -2.36. The first-order valence-electron chi connectivity index (χ1n) is 5.99. The lowest BCUT2D eigenvalue weighted by Gasteiger charge is -2.13. The normalized spacial score (nSPS) is 11.6. The number of ether oxygens (including phenoxy) is 2. The van der Waals surface area contributed by atoms with Crippen LogP contribution in [0.4, 0.5) is 4.39 Å². The molecule has 5 nitrogen and oxygen atoms in total. The number of halogens is 2. The molecule has 0 unspecified atom stereocenters. The second-order valence-corrected chi connectivity index (χ2v) is 4.74. The molecular formula is C13H15BrFNO4. The van der Waals surface area contributed by atoms with Crippen LogP contribution < -0.4 is 10.1 Å². The molecule has 110 valence electrons. The van der Waals surface area contributed by atoms with Gasteiger partial charge in [0, 0.05) is 6.54 Å². The summed E-state index contributed by atoms with van der Waals surface area (Å²) < 4.78 is 23.3. The maximum absolute atomic E-state index is 12.9. The summed E-state index contributed by atoms with van der Waals surface area (Å²) in [5.74, 6) is -1.16. The Balaban J connectivity index is 2.45. The molecule has 1 amide bonds. The molecule has 1 atom stereocenters. The van der Waals surface area contributed by atoms with E-state index in [1.807, 2.05) is 0 Å². The Hall–Kier alpha value is -1.63. The van der Waals surface area contributed by atoms with Gasteiger partial charge in [0.05, 0.1) is 4.47 Å². The van der Waals surface area contributed by atoms with Crippen LogP contribution in [0, 0.1) is 5.82 Å². The maximum Gasteiger partial charge on any atom is 0.344 e. The van der Waals surface area contributed by atoms with Crippen LogP contribution in [0.5, 0.6) is 5.75 Å². The number of nitrogens with one attached hydrogen (secondary N) is 1. The van der Waals surface area contributed by atoms with Crippen molar-refractivity contribution in [3.8, 4) is 5.75 Å². The molecule has 0 aliphatic rings. The highest BCUT2D eigenvalue weighted by Crippen LogP contribution is 2.25. The van der Waals surface area contributed by atoms with Gasteiger partial charge in [-0.3, -0.25) is 4.79 Å². The molecule has 0 fully saturated rings. The van der Waals surface area contributed by atoms with Crippen molar-refractivity contribution in [2.75, 3.05) is 13.2 Å². The van der Waals surface area contributed by atoms with E-state index >= 15 is 0 Å².